The summed E-state index contributed by atoms with van der Waals surface area (Å²) in [6.45, 7) is 7.20. The molecule has 32 heavy (non-hydrogen) atoms. The monoisotopic (exact) mass is 426 g/mol. The molecule has 0 fully saturated rings. The number of carbonyl (C=O) groups excluding carboxylic acids is 1. The molecule has 0 saturated heterocycles. The lowest BCUT2D eigenvalue weighted by Gasteiger charge is -2.19. The molecular formula is C27H26N2O3. The van der Waals surface area contributed by atoms with Crippen LogP contribution in [0, 0.1) is 0 Å². The quantitative estimate of drug-likeness (QED) is 0.415. The number of aromatic nitrogens is 1. The van der Waals surface area contributed by atoms with E-state index in [1.54, 1.807) is 18.2 Å². The number of anilines is 1. The number of aromatic carboxylic acids is 1. The smallest absolute Gasteiger partial charge is 0.337 e. The van der Waals surface area contributed by atoms with Crippen LogP contribution >= 0.6 is 0 Å². The molecule has 5 nitrogen and oxygen atoms in total. The van der Waals surface area contributed by atoms with E-state index < -0.39 is 5.97 Å². The van der Waals surface area contributed by atoms with Crippen LogP contribution in [0.2, 0.25) is 0 Å². The van der Waals surface area contributed by atoms with Crippen LogP contribution in [-0.2, 0) is 12.0 Å². The molecule has 0 bridgehead atoms. The van der Waals surface area contributed by atoms with Crippen LogP contribution in [0.15, 0.2) is 79.0 Å². The number of benzene rings is 3. The van der Waals surface area contributed by atoms with E-state index in [-0.39, 0.29) is 22.6 Å². The first-order chi connectivity index (χ1) is 15.2. The third-order valence-corrected chi connectivity index (χ3v) is 5.61. The van der Waals surface area contributed by atoms with Crippen LogP contribution in [0.5, 0.6) is 0 Å². The van der Waals surface area contributed by atoms with Gasteiger partial charge in [0.05, 0.1) is 16.8 Å². The lowest BCUT2D eigenvalue weighted by atomic mass is 9.87. The van der Waals surface area contributed by atoms with Crippen LogP contribution in [0.1, 0.15) is 52.6 Å². The summed E-state index contributed by atoms with van der Waals surface area (Å²) in [4.78, 5) is 24.6. The Kier molecular flexibility index (Phi) is 5.57. The molecule has 4 rings (SSSR count). The number of para-hydroxylation sites is 2. The molecule has 0 saturated carbocycles. The summed E-state index contributed by atoms with van der Waals surface area (Å²) in [5.41, 5.74) is 4.30. The van der Waals surface area contributed by atoms with Gasteiger partial charge in [-0.2, -0.15) is 0 Å². The van der Waals surface area contributed by atoms with E-state index in [9.17, 15) is 14.7 Å². The molecule has 0 aliphatic carbocycles. The molecule has 4 aromatic rings. The Labute approximate surface area is 187 Å². The minimum atomic E-state index is -1.08. The molecule has 1 amide bonds. The minimum Gasteiger partial charge on any atom is -0.478 e. The molecule has 0 aliphatic rings. The summed E-state index contributed by atoms with van der Waals surface area (Å²) in [5.74, 6) is -1.42. The van der Waals surface area contributed by atoms with E-state index in [1.165, 1.54) is 11.6 Å². The van der Waals surface area contributed by atoms with Gasteiger partial charge in [0.1, 0.15) is 0 Å². The van der Waals surface area contributed by atoms with Gasteiger partial charge in [-0.1, -0.05) is 75.4 Å². The predicted molar refractivity (Wildman–Crippen MR) is 128 cm³/mol. The number of carboxylic acids is 1. The molecule has 2 N–H and O–H groups in total. The fourth-order valence-corrected chi connectivity index (χ4v) is 3.83. The Morgan fingerprint density at radius 2 is 1.53 bits per heavy atom. The first-order valence-electron chi connectivity index (χ1n) is 10.5. The second kappa shape index (κ2) is 8.35. The number of nitrogens with one attached hydrogen (secondary N) is 1. The van der Waals surface area contributed by atoms with Crippen molar-refractivity contribution in [2.24, 2.45) is 0 Å². The number of rotatable bonds is 5. The van der Waals surface area contributed by atoms with Crippen LogP contribution < -0.4 is 5.32 Å². The van der Waals surface area contributed by atoms with Crippen molar-refractivity contribution in [3.05, 3.63) is 101 Å². The Hall–Kier alpha value is -3.86. The van der Waals surface area contributed by atoms with E-state index in [4.69, 9.17) is 0 Å². The van der Waals surface area contributed by atoms with Gasteiger partial charge in [0.15, 0.2) is 0 Å². The largest absolute Gasteiger partial charge is 0.478 e. The predicted octanol–water partition coefficient (Wildman–Crippen LogP) is 5.94. The molecular weight excluding hydrogens is 400 g/mol. The van der Waals surface area contributed by atoms with Crippen LogP contribution in [0.3, 0.4) is 0 Å². The van der Waals surface area contributed by atoms with Gasteiger partial charge >= 0.3 is 5.97 Å². The molecule has 5 heteroatoms. The fourth-order valence-electron chi connectivity index (χ4n) is 3.83. The average molecular weight is 427 g/mol. The number of hydrogen-bond acceptors (Lipinski definition) is 2. The van der Waals surface area contributed by atoms with E-state index >= 15 is 0 Å². The molecule has 1 heterocycles. The van der Waals surface area contributed by atoms with Crippen LogP contribution in [0.25, 0.3) is 10.9 Å². The van der Waals surface area contributed by atoms with E-state index in [2.05, 4.69) is 54.9 Å². The summed E-state index contributed by atoms with van der Waals surface area (Å²) in [6.07, 6.45) is 1.83. The SMILES string of the molecule is CC(C)(C)c1ccc(Cn2cc(C(=O)Nc3ccccc3C(=O)O)c3ccccc32)cc1. The molecule has 0 spiro atoms. The van der Waals surface area contributed by atoms with Crippen molar-refractivity contribution in [3.63, 3.8) is 0 Å². The minimum absolute atomic E-state index is 0.0588. The van der Waals surface area contributed by atoms with Crippen molar-refractivity contribution in [2.45, 2.75) is 32.7 Å². The van der Waals surface area contributed by atoms with E-state index in [0.717, 1.165) is 16.5 Å². The van der Waals surface area contributed by atoms with Gasteiger partial charge in [0.2, 0.25) is 0 Å². The highest BCUT2D eigenvalue weighted by atomic mass is 16.4. The Bertz CT molecular complexity index is 1290. The van der Waals surface area contributed by atoms with Crippen molar-refractivity contribution in [2.75, 3.05) is 5.32 Å². The Balaban J connectivity index is 1.66. The third kappa shape index (κ3) is 4.28. The van der Waals surface area contributed by atoms with E-state index in [0.29, 0.717) is 12.1 Å². The number of amides is 1. The maximum Gasteiger partial charge on any atom is 0.337 e. The summed E-state index contributed by atoms with van der Waals surface area (Å²) < 4.78 is 2.06. The average Bonchev–Trinajstić information content (AvgIpc) is 3.12. The molecule has 0 unspecified atom stereocenters. The number of carboxylic acid groups (broad SMARTS) is 1. The zero-order chi connectivity index (χ0) is 22.9. The van der Waals surface area contributed by atoms with E-state index in [1.807, 2.05) is 30.5 Å². The van der Waals surface area contributed by atoms with Crippen molar-refractivity contribution in [1.82, 2.24) is 4.57 Å². The zero-order valence-corrected chi connectivity index (χ0v) is 18.4. The van der Waals surface area contributed by atoms with Crippen LogP contribution in [-0.4, -0.2) is 21.6 Å². The molecule has 162 valence electrons. The van der Waals surface area contributed by atoms with Gasteiger partial charge in [-0.3, -0.25) is 4.79 Å². The molecule has 0 radical (unpaired) electrons. The first kappa shape index (κ1) is 21.4. The summed E-state index contributed by atoms with van der Waals surface area (Å²) >= 11 is 0. The standard InChI is InChI=1S/C27H26N2O3/c1-27(2,3)19-14-12-18(13-15-19)16-29-17-22(20-8-5-7-11-24(20)29)25(30)28-23-10-6-4-9-21(23)26(31)32/h4-15,17H,16H2,1-3H3,(H,28,30)(H,31,32). The Morgan fingerprint density at radius 1 is 0.875 bits per heavy atom. The van der Waals surface area contributed by atoms with Gasteiger partial charge in [0.25, 0.3) is 5.91 Å². The zero-order valence-electron chi connectivity index (χ0n) is 18.4. The highest BCUT2D eigenvalue weighted by molar-refractivity contribution is 6.14. The fraction of sp³-hybridized carbons (Fsp3) is 0.185. The third-order valence-electron chi connectivity index (χ3n) is 5.61. The van der Waals surface area contributed by atoms with Gasteiger partial charge in [-0.05, 0) is 34.7 Å². The number of nitrogens with zero attached hydrogens (tertiary/aromatic N) is 1. The second-order valence-corrected chi connectivity index (χ2v) is 8.94. The number of hydrogen-bond donors (Lipinski definition) is 2. The maximum absolute atomic E-state index is 13.1. The van der Waals surface area contributed by atoms with Gasteiger partial charge in [0, 0.05) is 23.6 Å². The molecule has 3 aromatic carbocycles. The summed E-state index contributed by atoms with van der Waals surface area (Å²) in [5, 5.41) is 13.0. The lowest BCUT2D eigenvalue weighted by Crippen LogP contribution is -2.14. The van der Waals surface area contributed by atoms with Gasteiger partial charge < -0.3 is 15.0 Å². The Morgan fingerprint density at radius 3 is 2.22 bits per heavy atom. The van der Waals surface area contributed by atoms with Crippen LogP contribution in [0.4, 0.5) is 5.69 Å². The highest BCUT2D eigenvalue weighted by Gasteiger charge is 2.18. The summed E-state index contributed by atoms with van der Waals surface area (Å²) in [6, 6.07) is 22.7. The first-order valence-corrected chi connectivity index (χ1v) is 10.5. The van der Waals surface area contributed by atoms with Crippen molar-refractivity contribution in [3.8, 4) is 0 Å². The highest BCUT2D eigenvalue weighted by Crippen LogP contribution is 2.26. The maximum atomic E-state index is 13.1. The van der Waals surface area contributed by atoms with Gasteiger partial charge in [-0.25, -0.2) is 4.79 Å². The van der Waals surface area contributed by atoms with Crippen molar-refractivity contribution in [1.29, 1.82) is 0 Å². The topological polar surface area (TPSA) is 71.3 Å². The lowest BCUT2D eigenvalue weighted by molar-refractivity contribution is 0.0698. The number of carbonyl (C=O) groups is 2. The molecule has 1 aromatic heterocycles. The van der Waals surface area contributed by atoms with Crippen molar-refractivity contribution < 1.29 is 14.7 Å². The molecule has 0 aliphatic heterocycles. The van der Waals surface area contributed by atoms with Crippen molar-refractivity contribution >= 4 is 28.5 Å². The molecule has 0 atom stereocenters. The second-order valence-electron chi connectivity index (χ2n) is 8.94. The van der Waals surface area contributed by atoms with Gasteiger partial charge in [-0.15, -0.1) is 0 Å². The normalized spacial score (nSPS) is 11.5. The number of fused-ring (bicyclic) bond motifs is 1. The summed E-state index contributed by atoms with van der Waals surface area (Å²) in [7, 11) is 0.